The van der Waals surface area contributed by atoms with Gasteiger partial charge >= 0.3 is 0 Å². The minimum atomic E-state index is 0. The summed E-state index contributed by atoms with van der Waals surface area (Å²) in [5.41, 5.74) is 7.25. The third-order valence-electron chi connectivity index (χ3n) is 5.13. The summed E-state index contributed by atoms with van der Waals surface area (Å²) in [6.45, 7) is 2.85. The summed E-state index contributed by atoms with van der Waals surface area (Å²) in [7, 11) is 0. The Hall–Kier alpha value is -1.05. The van der Waals surface area contributed by atoms with E-state index in [0.29, 0.717) is 18.5 Å². The van der Waals surface area contributed by atoms with Crippen LogP contribution in [-0.2, 0) is 6.54 Å². The van der Waals surface area contributed by atoms with Gasteiger partial charge in [-0.15, -0.1) is 24.0 Å². The molecule has 2 aliphatic rings. The van der Waals surface area contributed by atoms with E-state index in [0.717, 1.165) is 18.9 Å². The third-order valence-corrected chi connectivity index (χ3v) is 5.13. The van der Waals surface area contributed by atoms with E-state index in [9.17, 15) is 0 Å². The molecule has 1 saturated carbocycles. The van der Waals surface area contributed by atoms with Crippen LogP contribution in [0.25, 0.3) is 0 Å². The Labute approximate surface area is 168 Å². The van der Waals surface area contributed by atoms with Crippen LogP contribution in [0.2, 0.25) is 0 Å². The molecule has 3 rings (SSSR count). The van der Waals surface area contributed by atoms with Crippen LogP contribution in [-0.4, -0.2) is 30.1 Å². The van der Waals surface area contributed by atoms with Crippen molar-refractivity contribution < 1.29 is 0 Å². The van der Waals surface area contributed by atoms with Crippen molar-refractivity contribution in [2.75, 3.05) is 18.0 Å². The van der Waals surface area contributed by atoms with Crippen LogP contribution >= 0.6 is 24.0 Å². The van der Waals surface area contributed by atoms with Crippen molar-refractivity contribution in [3.05, 3.63) is 23.9 Å². The van der Waals surface area contributed by atoms with E-state index < -0.39 is 0 Å². The number of anilines is 1. The first-order chi connectivity index (χ1) is 11.8. The van der Waals surface area contributed by atoms with E-state index in [-0.39, 0.29) is 24.0 Å². The minimum absolute atomic E-state index is 0. The van der Waals surface area contributed by atoms with Gasteiger partial charge < -0.3 is 16.0 Å². The van der Waals surface area contributed by atoms with Crippen LogP contribution in [0.5, 0.6) is 0 Å². The first-order valence-electron chi connectivity index (χ1n) is 9.57. The van der Waals surface area contributed by atoms with Gasteiger partial charge in [0.05, 0.1) is 6.54 Å². The Morgan fingerprint density at radius 2 is 1.80 bits per heavy atom. The molecule has 0 unspecified atom stereocenters. The number of aliphatic imine (C=N–C) groups is 1. The van der Waals surface area contributed by atoms with E-state index >= 15 is 0 Å². The lowest BCUT2D eigenvalue weighted by molar-refractivity contribution is 0.412. The van der Waals surface area contributed by atoms with Crippen LogP contribution in [0.15, 0.2) is 23.3 Å². The summed E-state index contributed by atoms with van der Waals surface area (Å²) in [5, 5.41) is 3.38. The van der Waals surface area contributed by atoms with Gasteiger partial charge in [0.2, 0.25) is 0 Å². The Bertz CT molecular complexity index is 534. The van der Waals surface area contributed by atoms with Crippen LogP contribution in [0.3, 0.4) is 0 Å². The maximum absolute atomic E-state index is 6.07. The van der Waals surface area contributed by atoms with E-state index in [1.807, 2.05) is 12.3 Å². The van der Waals surface area contributed by atoms with Crippen LogP contribution < -0.4 is 16.0 Å². The van der Waals surface area contributed by atoms with Gasteiger partial charge in [0.15, 0.2) is 5.96 Å². The highest BCUT2D eigenvalue weighted by atomic mass is 127. The molecule has 25 heavy (non-hydrogen) atoms. The maximum atomic E-state index is 6.07. The lowest BCUT2D eigenvalue weighted by Crippen LogP contribution is -2.41. The topological polar surface area (TPSA) is 66.5 Å². The zero-order chi connectivity index (χ0) is 16.6. The van der Waals surface area contributed by atoms with Crippen molar-refractivity contribution in [3.63, 3.8) is 0 Å². The summed E-state index contributed by atoms with van der Waals surface area (Å²) in [6, 6.07) is 4.72. The maximum Gasteiger partial charge on any atom is 0.189 e. The van der Waals surface area contributed by atoms with Gasteiger partial charge in [-0.25, -0.2) is 9.98 Å². The van der Waals surface area contributed by atoms with E-state index in [1.54, 1.807) is 0 Å². The first kappa shape index (κ1) is 20.3. The summed E-state index contributed by atoms with van der Waals surface area (Å²) in [5.74, 6) is 1.67. The third kappa shape index (κ3) is 6.64. The molecule has 0 bridgehead atoms. The SMILES string of the molecule is I.NC(=NCc1ccnc(N2CCCCCC2)c1)NC1CCCCC1. The Balaban J connectivity index is 0.00000225. The molecule has 0 amide bonds. The highest BCUT2D eigenvalue weighted by Crippen LogP contribution is 2.19. The number of guanidine groups is 1. The largest absolute Gasteiger partial charge is 0.370 e. The average molecular weight is 457 g/mol. The summed E-state index contributed by atoms with van der Waals surface area (Å²) < 4.78 is 0. The van der Waals surface area contributed by atoms with Crippen molar-refractivity contribution >= 4 is 35.8 Å². The van der Waals surface area contributed by atoms with Crippen molar-refractivity contribution in [1.29, 1.82) is 0 Å². The Morgan fingerprint density at radius 3 is 2.52 bits per heavy atom. The molecule has 1 aliphatic carbocycles. The van der Waals surface area contributed by atoms with Crippen molar-refractivity contribution in [2.24, 2.45) is 10.7 Å². The van der Waals surface area contributed by atoms with E-state index in [2.05, 4.69) is 26.3 Å². The second-order valence-corrected chi connectivity index (χ2v) is 7.10. The molecule has 2 heterocycles. The molecule has 0 aromatic carbocycles. The number of nitrogens with two attached hydrogens (primary N) is 1. The molecule has 6 heteroatoms. The fourth-order valence-electron chi connectivity index (χ4n) is 3.71. The Morgan fingerprint density at radius 1 is 1.12 bits per heavy atom. The van der Waals surface area contributed by atoms with Crippen LogP contribution in [0.1, 0.15) is 63.4 Å². The van der Waals surface area contributed by atoms with Gasteiger partial charge in [0.25, 0.3) is 0 Å². The van der Waals surface area contributed by atoms with E-state index in [4.69, 9.17) is 5.73 Å². The first-order valence-corrected chi connectivity index (χ1v) is 9.57. The molecule has 3 N–H and O–H groups in total. The molecule has 1 aromatic rings. The van der Waals surface area contributed by atoms with Crippen molar-refractivity contribution in [2.45, 2.75) is 70.4 Å². The zero-order valence-corrected chi connectivity index (χ0v) is 17.5. The normalized spacial score (nSPS) is 19.8. The van der Waals surface area contributed by atoms with Gasteiger partial charge in [0, 0.05) is 25.3 Å². The number of nitrogens with one attached hydrogen (secondary N) is 1. The van der Waals surface area contributed by atoms with Gasteiger partial charge in [-0.2, -0.15) is 0 Å². The molecule has 0 atom stereocenters. The predicted octanol–water partition coefficient (Wildman–Crippen LogP) is 3.82. The molecular formula is C19H32IN5. The number of pyridine rings is 1. The lowest BCUT2D eigenvalue weighted by Gasteiger charge is -2.23. The summed E-state index contributed by atoms with van der Waals surface area (Å²) in [4.78, 5) is 11.5. The number of halogens is 1. The van der Waals surface area contributed by atoms with Gasteiger partial charge in [-0.05, 0) is 43.4 Å². The highest BCUT2D eigenvalue weighted by molar-refractivity contribution is 14.0. The van der Waals surface area contributed by atoms with Crippen molar-refractivity contribution in [1.82, 2.24) is 10.3 Å². The number of hydrogen-bond acceptors (Lipinski definition) is 3. The molecule has 140 valence electrons. The molecule has 5 nitrogen and oxygen atoms in total. The number of nitrogens with zero attached hydrogens (tertiary/aromatic N) is 3. The number of aromatic nitrogens is 1. The Kier molecular flexibility index (Phi) is 8.78. The molecule has 2 fully saturated rings. The summed E-state index contributed by atoms with van der Waals surface area (Å²) in [6.07, 6.45) is 13.5. The zero-order valence-electron chi connectivity index (χ0n) is 15.1. The van der Waals surface area contributed by atoms with Crippen molar-refractivity contribution in [3.8, 4) is 0 Å². The molecule has 0 radical (unpaired) electrons. The minimum Gasteiger partial charge on any atom is -0.370 e. The van der Waals surface area contributed by atoms with Gasteiger partial charge in [-0.3, -0.25) is 0 Å². The second kappa shape index (κ2) is 10.8. The fourth-order valence-corrected chi connectivity index (χ4v) is 3.71. The molecule has 0 spiro atoms. The average Bonchev–Trinajstić information content (AvgIpc) is 2.91. The lowest BCUT2D eigenvalue weighted by atomic mass is 9.96. The monoisotopic (exact) mass is 457 g/mol. The number of rotatable bonds is 4. The van der Waals surface area contributed by atoms with E-state index in [1.165, 1.54) is 63.4 Å². The summed E-state index contributed by atoms with van der Waals surface area (Å²) >= 11 is 0. The van der Waals surface area contributed by atoms with Gasteiger partial charge in [0.1, 0.15) is 5.82 Å². The smallest absolute Gasteiger partial charge is 0.189 e. The molecule has 1 saturated heterocycles. The van der Waals surface area contributed by atoms with Crippen LogP contribution in [0.4, 0.5) is 5.82 Å². The molecule has 1 aliphatic heterocycles. The van der Waals surface area contributed by atoms with Gasteiger partial charge in [-0.1, -0.05) is 32.1 Å². The molecule has 1 aromatic heterocycles. The quantitative estimate of drug-likeness (QED) is 0.410. The standard InChI is InChI=1S/C19H31N5.HI/c20-19(23-17-8-4-3-5-9-17)22-15-16-10-11-21-18(14-16)24-12-6-1-2-7-13-24;/h10-11,14,17H,1-9,12-13,15H2,(H3,20,22,23);1H. The number of hydrogen-bond donors (Lipinski definition) is 2. The predicted molar refractivity (Wildman–Crippen MR) is 116 cm³/mol. The fraction of sp³-hybridized carbons (Fsp3) is 0.684. The highest BCUT2D eigenvalue weighted by Gasteiger charge is 2.14. The second-order valence-electron chi connectivity index (χ2n) is 7.10. The van der Waals surface area contributed by atoms with Crippen LogP contribution in [0, 0.1) is 0 Å². The molecular weight excluding hydrogens is 425 g/mol.